The monoisotopic (exact) mass is 513 g/mol. The van der Waals surface area contributed by atoms with Crippen LogP contribution < -0.4 is 0 Å². The first kappa shape index (κ1) is 25.4. The summed E-state index contributed by atoms with van der Waals surface area (Å²) in [5.41, 5.74) is -0.273. The van der Waals surface area contributed by atoms with Gasteiger partial charge in [-0.1, -0.05) is 0 Å². The predicted molar refractivity (Wildman–Crippen MR) is 136 cm³/mol. The van der Waals surface area contributed by atoms with Crippen molar-refractivity contribution >= 4 is 28.7 Å². The fraction of sp³-hybridized carbons (Fsp3) is 0.654. The zero-order valence-electron chi connectivity index (χ0n) is 22.0. The van der Waals surface area contributed by atoms with Crippen LogP contribution in [0.5, 0.6) is 0 Å². The van der Waals surface area contributed by atoms with Gasteiger partial charge in [-0.3, -0.25) is 19.7 Å². The van der Waals surface area contributed by atoms with E-state index in [9.17, 15) is 19.7 Å². The van der Waals surface area contributed by atoms with Gasteiger partial charge < -0.3 is 14.4 Å². The molecular formula is C26H35N5O6. The lowest BCUT2D eigenvalue weighted by Crippen LogP contribution is -2.63. The molecule has 2 bridgehead atoms. The summed E-state index contributed by atoms with van der Waals surface area (Å²) in [6.07, 6.45) is 7.70. The number of esters is 1. The summed E-state index contributed by atoms with van der Waals surface area (Å²) in [5, 5.41) is 17.0. The number of fused-ring (bicyclic) bond motifs is 4. The van der Waals surface area contributed by atoms with Crippen molar-refractivity contribution in [2.75, 3.05) is 33.3 Å². The second kappa shape index (κ2) is 8.97. The lowest BCUT2D eigenvalue weighted by molar-refractivity contribution is -0.385. The van der Waals surface area contributed by atoms with Gasteiger partial charge in [0, 0.05) is 49.4 Å². The van der Waals surface area contributed by atoms with Gasteiger partial charge in [0.1, 0.15) is 11.2 Å². The number of methoxy groups -OCH3 is 1. The highest BCUT2D eigenvalue weighted by atomic mass is 16.6. The van der Waals surface area contributed by atoms with Crippen LogP contribution in [0.2, 0.25) is 0 Å². The molecule has 11 heteroatoms. The van der Waals surface area contributed by atoms with E-state index in [1.54, 1.807) is 0 Å². The van der Waals surface area contributed by atoms with Crippen LogP contribution in [0, 0.1) is 10.1 Å². The molecule has 6 rings (SSSR count). The Morgan fingerprint density at radius 1 is 1.00 bits per heavy atom. The molecule has 4 aliphatic rings. The van der Waals surface area contributed by atoms with Crippen molar-refractivity contribution in [2.45, 2.75) is 76.0 Å². The van der Waals surface area contributed by atoms with Crippen LogP contribution >= 0.6 is 0 Å². The van der Waals surface area contributed by atoms with E-state index in [2.05, 4.69) is 4.90 Å². The van der Waals surface area contributed by atoms with E-state index < -0.39 is 16.5 Å². The Kier molecular flexibility index (Phi) is 6.17. The smallest absolute Gasteiger partial charge is 0.410 e. The lowest BCUT2D eigenvalue weighted by atomic mass is 9.60. The Morgan fingerprint density at radius 2 is 1.59 bits per heavy atom. The third kappa shape index (κ3) is 4.54. The van der Waals surface area contributed by atoms with E-state index in [4.69, 9.17) is 14.6 Å². The number of hydrogen-bond acceptors (Lipinski definition) is 8. The number of aromatic nitrogens is 2. The van der Waals surface area contributed by atoms with Crippen LogP contribution in [-0.2, 0) is 15.0 Å². The van der Waals surface area contributed by atoms with E-state index in [1.165, 1.54) is 19.2 Å². The minimum absolute atomic E-state index is 0.0837. The van der Waals surface area contributed by atoms with Crippen molar-refractivity contribution in [2.24, 2.45) is 0 Å². The maximum absolute atomic E-state index is 12.5. The van der Waals surface area contributed by atoms with Crippen LogP contribution in [-0.4, -0.2) is 81.0 Å². The van der Waals surface area contributed by atoms with Gasteiger partial charge in [0.05, 0.1) is 23.1 Å². The van der Waals surface area contributed by atoms with Gasteiger partial charge in [-0.25, -0.2) is 9.59 Å². The standard InChI is InChI=1S/C26H35N5O6/c1-24(2,3)37-23(33)28-11-13-29(14-12-28)25-5-8-26(9-6-25,10-7-25)30-17-18-15-21(31(34)35)19(22(32)36-4)16-20(18)27-30/h15-17H,5-14H2,1-4H3. The number of amides is 1. The number of benzene rings is 1. The fourth-order valence-electron chi connectivity index (χ4n) is 6.38. The van der Waals surface area contributed by atoms with E-state index in [0.29, 0.717) is 24.0 Å². The highest BCUT2D eigenvalue weighted by Crippen LogP contribution is 2.53. The molecule has 1 aromatic heterocycles. The molecule has 0 atom stereocenters. The molecule has 37 heavy (non-hydrogen) atoms. The molecular weight excluding hydrogens is 478 g/mol. The molecule has 1 aliphatic heterocycles. The van der Waals surface area contributed by atoms with Crippen molar-refractivity contribution in [1.82, 2.24) is 19.6 Å². The largest absolute Gasteiger partial charge is 0.465 e. The number of nitrogens with zero attached hydrogens (tertiary/aromatic N) is 5. The zero-order chi connectivity index (χ0) is 26.6. The molecule has 200 valence electrons. The molecule has 0 spiro atoms. The summed E-state index contributed by atoms with van der Waals surface area (Å²) < 4.78 is 12.3. The Labute approximate surface area is 215 Å². The third-order valence-electron chi connectivity index (χ3n) is 8.48. The number of carbonyl (C=O) groups excluding carboxylic acids is 2. The van der Waals surface area contributed by atoms with Crippen molar-refractivity contribution in [3.8, 4) is 0 Å². The average molecular weight is 514 g/mol. The average Bonchev–Trinajstić information content (AvgIpc) is 3.32. The Balaban J connectivity index is 1.30. The highest BCUT2D eigenvalue weighted by molar-refractivity contribution is 5.99. The molecule has 4 fully saturated rings. The molecule has 1 saturated heterocycles. The topological polar surface area (TPSA) is 120 Å². The van der Waals surface area contributed by atoms with Gasteiger partial charge in [-0.15, -0.1) is 0 Å². The van der Waals surface area contributed by atoms with E-state index in [0.717, 1.165) is 51.6 Å². The molecule has 0 unspecified atom stereocenters. The predicted octanol–water partition coefficient (Wildman–Crippen LogP) is 4.09. The maximum atomic E-state index is 12.5. The zero-order valence-corrected chi connectivity index (χ0v) is 22.0. The van der Waals surface area contributed by atoms with Gasteiger partial charge in [-0.2, -0.15) is 5.10 Å². The number of carbonyl (C=O) groups is 2. The number of rotatable bonds is 4. The van der Waals surface area contributed by atoms with E-state index in [1.807, 2.05) is 36.5 Å². The number of piperazine rings is 1. The summed E-state index contributed by atoms with van der Waals surface area (Å²) in [6, 6.07) is 2.88. The molecule has 1 aromatic carbocycles. The SMILES string of the molecule is COC(=O)c1cc2nn(C34CCC(N5CCN(C(=O)OC(C)(C)C)CC5)(CC3)CC4)cc2cc1[N+](=O)[O-]. The summed E-state index contributed by atoms with van der Waals surface area (Å²) in [7, 11) is 1.21. The maximum Gasteiger partial charge on any atom is 0.410 e. The van der Waals surface area contributed by atoms with Crippen molar-refractivity contribution < 1.29 is 24.0 Å². The molecule has 11 nitrogen and oxygen atoms in total. The number of hydrogen-bond donors (Lipinski definition) is 0. The lowest BCUT2D eigenvalue weighted by Gasteiger charge is -2.58. The minimum atomic E-state index is -0.742. The first-order chi connectivity index (χ1) is 17.5. The normalized spacial score (nSPS) is 26.3. The summed E-state index contributed by atoms with van der Waals surface area (Å²) in [5.74, 6) is -0.742. The van der Waals surface area contributed by atoms with Crippen LogP contribution in [0.4, 0.5) is 10.5 Å². The van der Waals surface area contributed by atoms with Gasteiger partial charge in [0.2, 0.25) is 0 Å². The first-order valence-electron chi connectivity index (χ1n) is 12.9. The quantitative estimate of drug-likeness (QED) is 0.341. The van der Waals surface area contributed by atoms with Crippen molar-refractivity contribution in [3.63, 3.8) is 0 Å². The van der Waals surface area contributed by atoms with Crippen LogP contribution in [0.25, 0.3) is 10.9 Å². The number of ether oxygens (including phenoxy) is 2. The molecule has 2 aromatic rings. The van der Waals surface area contributed by atoms with Crippen LogP contribution in [0.1, 0.15) is 69.7 Å². The second-order valence-electron chi connectivity index (χ2n) is 11.7. The van der Waals surface area contributed by atoms with Crippen LogP contribution in [0.15, 0.2) is 18.3 Å². The summed E-state index contributed by atoms with van der Waals surface area (Å²) in [6.45, 7) is 8.70. The van der Waals surface area contributed by atoms with Gasteiger partial charge in [0.15, 0.2) is 0 Å². The van der Waals surface area contributed by atoms with Gasteiger partial charge in [-0.05, 0) is 65.4 Å². The Bertz CT molecular complexity index is 1220. The Morgan fingerprint density at radius 3 is 2.14 bits per heavy atom. The van der Waals surface area contributed by atoms with Gasteiger partial charge >= 0.3 is 12.1 Å². The molecule has 3 aliphatic carbocycles. The molecule has 2 heterocycles. The van der Waals surface area contributed by atoms with E-state index >= 15 is 0 Å². The second-order valence-corrected chi connectivity index (χ2v) is 11.7. The number of nitro benzene ring substituents is 1. The molecule has 1 amide bonds. The highest BCUT2D eigenvalue weighted by Gasteiger charge is 2.53. The minimum Gasteiger partial charge on any atom is -0.465 e. The van der Waals surface area contributed by atoms with Crippen molar-refractivity contribution in [3.05, 3.63) is 34.0 Å². The van der Waals surface area contributed by atoms with Gasteiger partial charge in [0.25, 0.3) is 5.69 Å². The summed E-state index contributed by atoms with van der Waals surface area (Å²) >= 11 is 0. The molecule has 0 radical (unpaired) electrons. The van der Waals surface area contributed by atoms with Crippen LogP contribution in [0.3, 0.4) is 0 Å². The van der Waals surface area contributed by atoms with Crippen molar-refractivity contribution in [1.29, 1.82) is 0 Å². The molecule has 3 saturated carbocycles. The Hall–Kier alpha value is -3.21. The fourth-order valence-corrected chi connectivity index (χ4v) is 6.38. The summed E-state index contributed by atoms with van der Waals surface area (Å²) in [4.78, 5) is 40.0. The first-order valence-corrected chi connectivity index (χ1v) is 12.9. The third-order valence-corrected chi connectivity index (χ3v) is 8.48. The van der Waals surface area contributed by atoms with E-state index in [-0.39, 0.29) is 28.4 Å². The molecule has 0 N–H and O–H groups in total. The number of nitro groups is 1.